The Hall–Kier alpha value is -2.65. The zero-order valence-electron chi connectivity index (χ0n) is 15.8. The van der Waals surface area contributed by atoms with Crippen molar-refractivity contribution in [3.05, 3.63) is 78.4 Å². The minimum Gasteiger partial charge on any atom is -0.412 e. The highest BCUT2D eigenvalue weighted by Gasteiger charge is 2.07. The molecule has 0 N–H and O–H groups in total. The molecule has 0 radical (unpaired) electrons. The number of carbonyl (C=O) groups excluding carboxylic acids is 1. The normalized spacial score (nSPS) is 11.0. The number of thiophene rings is 1. The van der Waals surface area contributed by atoms with Crippen molar-refractivity contribution in [2.24, 2.45) is 0 Å². The van der Waals surface area contributed by atoms with Gasteiger partial charge in [-0.15, -0.1) is 0 Å². The predicted octanol–water partition coefficient (Wildman–Crippen LogP) is 6.91. The van der Waals surface area contributed by atoms with E-state index in [1.165, 1.54) is 40.5 Å². The first kappa shape index (κ1) is 19.1. The van der Waals surface area contributed by atoms with E-state index in [2.05, 4.69) is 55.5 Å². The Kier molecular flexibility index (Phi) is 6.61. The molecule has 0 spiro atoms. The molecule has 0 atom stereocenters. The van der Waals surface area contributed by atoms with Crippen LogP contribution in [-0.2, 0) is 11.2 Å². The molecule has 0 unspecified atom stereocenters. The summed E-state index contributed by atoms with van der Waals surface area (Å²) in [6, 6.07) is 21.1. The maximum atomic E-state index is 11.7. The van der Waals surface area contributed by atoms with Crippen molar-refractivity contribution in [1.29, 1.82) is 0 Å². The van der Waals surface area contributed by atoms with Crippen LogP contribution < -0.4 is 4.74 Å². The Bertz CT molecular complexity index is 902. The van der Waals surface area contributed by atoms with Gasteiger partial charge in [0.1, 0.15) is 0 Å². The van der Waals surface area contributed by atoms with Crippen LogP contribution in [-0.4, -0.2) is 5.97 Å². The average Bonchev–Trinajstić information content (AvgIpc) is 3.16. The lowest BCUT2D eigenvalue weighted by atomic mass is 10.0. The minimum absolute atomic E-state index is 0.327. The lowest BCUT2D eigenvalue weighted by molar-refractivity contribution is -0.128. The third kappa shape index (κ3) is 5.18. The molecule has 2 nitrogen and oxygen atoms in total. The molecule has 0 aliphatic rings. The van der Waals surface area contributed by atoms with Crippen LogP contribution >= 0.6 is 11.3 Å². The van der Waals surface area contributed by atoms with Gasteiger partial charge in [0.05, 0.1) is 0 Å². The Labute approximate surface area is 165 Å². The molecule has 3 heteroatoms. The molecule has 3 rings (SSSR count). The van der Waals surface area contributed by atoms with Gasteiger partial charge < -0.3 is 4.74 Å². The number of allylic oxidation sites excluding steroid dienone is 1. The third-order valence-electron chi connectivity index (χ3n) is 4.27. The van der Waals surface area contributed by atoms with E-state index in [1.54, 1.807) is 6.08 Å². The second-order valence-electron chi connectivity index (χ2n) is 6.37. The van der Waals surface area contributed by atoms with Gasteiger partial charge in [-0.3, -0.25) is 0 Å². The van der Waals surface area contributed by atoms with E-state index in [0.717, 1.165) is 23.3 Å². The van der Waals surface area contributed by atoms with Crippen molar-refractivity contribution in [1.82, 2.24) is 0 Å². The van der Waals surface area contributed by atoms with Gasteiger partial charge in [0.2, 0.25) is 0 Å². The molecular weight excluding hydrogens is 352 g/mol. The Morgan fingerprint density at radius 3 is 2.15 bits per heavy atom. The highest BCUT2D eigenvalue weighted by molar-refractivity contribution is 7.17. The highest BCUT2D eigenvalue weighted by Crippen LogP contribution is 2.34. The molecule has 27 heavy (non-hydrogen) atoms. The zero-order valence-corrected chi connectivity index (χ0v) is 16.6. The van der Waals surface area contributed by atoms with E-state index >= 15 is 0 Å². The van der Waals surface area contributed by atoms with Crippen molar-refractivity contribution in [3.8, 4) is 26.6 Å². The summed E-state index contributed by atoms with van der Waals surface area (Å²) < 4.78 is 5.34. The quantitative estimate of drug-likeness (QED) is 0.331. The Morgan fingerprint density at radius 1 is 0.889 bits per heavy atom. The van der Waals surface area contributed by atoms with E-state index < -0.39 is 0 Å². The molecule has 1 aromatic heterocycles. The Morgan fingerprint density at radius 2 is 1.52 bits per heavy atom. The van der Waals surface area contributed by atoms with Gasteiger partial charge >= 0.3 is 5.97 Å². The van der Waals surface area contributed by atoms with Crippen LogP contribution in [0.25, 0.3) is 21.6 Å². The highest BCUT2D eigenvalue weighted by atomic mass is 32.1. The van der Waals surface area contributed by atoms with Crippen LogP contribution in [0.5, 0.6) is 5.06 Å². The largest absolute Gasteiger partial charge is 0.412 e. The molecule has 1 heterocycles. The molecule has 0 saturated heterocycles. The maximum absolute atomic E-state index is 11.7. The molecule has 2 aromatic carbocycles. The summed E-state index contributed by atoms with van der Waals surface area (Å²) in [7, 11) is 0. The van der Waals surface area contributed by atoms with Gasteiger partial charge in [0.15, 0.2) is 5.06 Å². The summed E-state index contributed by atoms with van der Waals surface area (Å²) in [5, 5.41) is 0.617. The van der Waals surface area contributed by atoms with Crippen molar-refractivity contribution >= 4 is 17.3 Å². The molecule has 0 saturated carbocycles. The van der Waals surface area contributed by atoms with E-state index in [0.29, 0.717) is 5.06 Å². The lowest BCUT2D eigenvalue weighted by Gasteiger charge is -2.05. The van der Waals surface area contributed by atoms with Crippen molar-refractivity contribution in [3.63, 3.8) is 0 Å². The van der Waals surface area contributed by atoms with Gasteiger partial charge in [-0.2, -0.15) is 0 Å². The molecule has 138 valence electrons. The summed E-state index contributed by atoms with van der Waals surface area (Å²) in [6.45, 7) is 4.18. The average molecular weight is 377 g/mol. The number of esters is 1. The van der Waals surface area contributed by atoms with E-state index in [9.17, 15) is 4.79 Å². The summed E-state index contributed by atoms with van der Waals surface area (Å²) in [6.07, 6.45) is 6.38. The van der Waals surface area contributed by atoms with Crippen LogP contribution in [0.3, 0.4) is 0 Å². The van der Waals surface area contributed by atoms with Gasteiger partial charge in [0.25, 0.3) is 0 Å². The van der Waals surface area contributed by atoms with Crippen LogP contribution in [0.4, 0.5) is 0 Å². The van der Waals surface area contributed by atoms with E-state index in [-0.39, 0.29) is 5.97 Å². The molecular formula is C24H24O2S. The van der Waals surface area contributed by atoms with Crippen molar-refractivity contribution in [2.75, 3.05) is 0 Å². The maximum Gasteiger partial charge on any atom is 0.336 e. The van der Waals surface area contributed by atoms with Gasteiger partial charge in [0, 0.05) is 11.0 Å². The molecule has 0 aliphatic carbocycles. The minimum atomic E-state index is -0.327. The lowest BCUT2D eigenvalue weighted by Crippen LogP contribution is -2.01. The van der Waals surface area contributed by atoms with Crippen molar-refractivity contribution < 1.29 is 9.53 Å². The van der Waals surface area contributed by atoms with E-state index in [4.69, 9.17) is 4.74 Å². The first-order valence-corrected chi connectivity index (χ1v) is 10.2. The SMILES string of the molecule is CC/C=C/C(=O)Oc1ccc(-c2ccc(-c3ccc(CCC)cc3)cc2)s1. The molecule has 0 aliphatic heterocycles. The number of benzene rings is 2. The standard InChI is InChI=1S/C24H24O2S/c1-3-5-7-23(25)26-24-17-16-22(27-24)21-14-12-20(13-15-21)19-10-8-18(6-4-2)9-11-19/h5,7-17H,3-4,6H2,1-2H3/b7-5+. The number of rotatable bonds is 7. The van der Waals surface area contributed by atoms with Crippen LogP contribution in [0, 0.1) is 0 Å². The fourth-order valence-corrected chi connectivity index (χ4v) is 3.72. The second kappa shape index (κ2) is 9.33. The zero-order chi connectivity index (χ0) is 19.1. The summed E-state index contributed by atoms with van der Waals surface area (Å²) >= 11 is 1.48. The van der Waals surface area contributed by atoms with Crippen LogP contribution in [0.15, 0.2) is 72.8 Å². The molecule has 0 bridgehead atoms. The Balaban J connectivity index is 1.70. The summed E-state index contributed by atoms with van der Waals surface area (Å²) in [5.74, 6) is -0.327. The molecule has 0 fully saturated rings. The predicted molar refractivity (Wildman–Crippen MR) is 114 cm³/mol. The number of hydrogen-bond acceptors (Lipinski definition) is 3. The number of carbonyl (C=O) groups is 1. The smallest absolute Gasteiger partial charge is 0.336 e. The van der Waals surface area contributed by atoms with Crippen LogP contribution in [0.2, 0.25) is 0 Å². The first-order chi connectivity index (χ1) is 13.2. The first-order valence-electron chi connectivity index (χ1n) is 9.37. The van der Waals surface area contributed by atoms with E-state index in [1.807, 2.05) is 19.1 Å². The molecule has 3 aromatic rings. The fraction of sp³-hybridized carbons (Fsp3) is 0.208. The number of aryl methyl sites for hydroxylation is 1. The number of ether oxygens (including phenoxy) is 1. The van der Waals surface area contributed by atoms with Gasteiger partial charge in [-0.1, -0.05) is 86.2 Å². The van der Waals surface area contributed by atoms with Gasteiger partial charge in [-0.05, 0) is 47.2 Å². The van der Waals surface area contributed by atoms with Crippen LogP contribution in [0.1, 0.15) is 32.3 Å². The second-order valence-corrected chi connectivity index (χ2v) is 7.42. The monoisotopic (exact) mass is 376 g/mol. The summed E-state index contributed by atoms with van der Waals surface area (Å²) in [5.41, 5.74) is 4.93. The van der Waals surface area contributed by atoms with Gasteiger partial charge in [-0.25, -0.2) is 4.79 Å². The molecule has 0 amide bonds. The topological polar surface area (TPSA) is 26.3 Å². The van der Waals surface area contributed by atoms with Crippen molar-refractivity contribution in [2.45, 2.75) is 33.1 Å². The fourth-order valence-electron chi connectivity index (χ4n) is 2.86. The third-order valence-corrected chi connectivity index (χ3v) is 5.28. The number of hydrogen-bond donors (Lipinski definition) is 0. The summed E-state index contributed by atoms with van der Waals surface area (Å²) in [4.78, 5) is 12.8.